The Kier molecular flexibility index (Phi) is 10.0. The van der Waals surface area contributed by atoms with Crippen LogP contribution in [0.5, 0.6) is 0 Å². The molecule has 0 bridgehead atoms. The van der Waals surface area contributed by atoms with Gasteiger partial charge in [0.05, 0.1) is 18.8 Å². The van der Waals surface area contributed by atoms with Gasteiger partial charge in [-0.25, -0.2) is 0 Å². The van der Waals surface area contributed by atoms with Crippen LogP contribution >= 0.6 is 0 Å². The van der Waals surface area contributed by atoms with Crippen molar-refractivity contribution >= 4 is 5.96 Å². The van der Waals surface area contributed by atoms with Crippen LogP contribution in [0, 0.1) is 5.92 Å². The molecule has 0 aliphatic carbocycles. The van der Waals surface area contributed by atoms with E-state index in [1.165, 1.54) is 58.2 Å². The van der Waals surface area contributed by atoms with Gasteiger partial charge in [0, 0.05) is 39.8 Å². The molecule has 0 amide bonds. The second-order valence-electron chi connectivity index (χ2n) is 9.24. The Bertz CT molecular complexity index is 473. The van der Waals surface area contributed by atoms with E-state index in [1.807, 2.05) is 7.05 Å². The Labute approximate surface area is 178 Å². The lowest BCUT2D eigenvalue weighted by Crippen LogP contribution is -2.47. The molecule has 0 aromatic heterocycles. The molecule has 3 aliphatic heterocycles. The quantitative estimate of drug-likeness (QED) is 0.380. The van der Waals surface area contributed by atoms with Crippen LogP contribution < -0.4 is 5.32 Å². The molecule has 168 valence electrons. The van der Waals surface area contributed by atoms with E-state index >= 15 is 0 Å². The minimum Gasteiger partial charge on any atom is -0.376 e. The van der Waals surface area contributed by atoms with E-state index in [2.05, 4.69) is 27.0 Å². The molecular weight excluding hydrogens is 364 g/mol. The van der Waals surface area contributed by atoms with Crippen LogP contribution in [0.25, 0.3) is 0 Å². The van der Waals surface area contributed by atoms with E-state index in [-0.39, 0.29) is 0 Å². The average Bonchev–Trinajstić information content (AvgIpc) is 2.76. The number of aliphatic imine (C=N–C) groups is 1. The maximum Gasteiger partial charge on any atom is 0.193 e. The van der Waals surface area contributed by atoms with Crippen molar-refractivity contribution in [3.63, 3.8) is 0 Å². The molecule has 3 aliphatic rings. The molecular formula is C23H44N4O2. The third kappa shape index (κ3) is 8.06. The van der Waals surface area contributed by atoms with Crippen molar-refractivity contribution in [2.24, 2.45) is 10.9 Å². The fourth-order valence-electron chi connectivity index (χ4n) is 4.90. The normalized spacial score (nSPS) is 27.9. The molecule has 3 rings (SSSR count). The molecule has 0 spiro atoms. The van der Waals surface area contributed by atoms with E-state index in [0.29, 0.717) is 12.2 Å². The molecule has 3 fully saturated rings. The average molecular weight is 409 g/mol. The fourth-order valence-corrected chi connectivity index (χ4v) is 4.90. The highest BCUT2D eigenvalue weighted by atomic mass is 16.5. The first-order chi connectivity index (χ1) is 14.2. The summed E-state index contributed by atoms with van der Waals surface area (Å²) in [5, 5.41) is 3.58. The molecule has 0 aromatic carbocycles. The van der Waals surface area contributed by atoms with E-state index < -0.39 is 0 Å². The van der Waals surface area contributed by atoms with Gasteiger partial charge in [-0.2, -0.15) is 0 Å². The Balaban J connectivity index is 1.25. The summed E-state index contributed by atoms with van der Waals surface area (Å²) in [5.41, 5.74) is 0. The van der Waals surface area contributed by atoms with Crippen molar-refractivity contribution in [1.82, 2.24) is 15.1 Å². The zero-order valence-corrected chi connectivity index (χ0v) is 18.9. The van der Waals surface area contributed by atoms with E-state index in [4.69, 9.17) is 9.47 Å². The van der Waals surface area contributed by atoms with E-state index in [1.54, 1.807) is 0 Å². The highest BCUT2D eigenvalue weighted by Crippen LogP contribution is 2.18. The summed E-state index contributed by atoms with van der Waals surface area (Å²) in [5.74, 6) is 1.94. The summed E-state index contributed by atoms with van der Waals surface area (Å²) < 4.78 is 11.9. The van der Waals surface area contributed by atoms with Crippen LogP contribution in [-0.2, 0) is 9.47 Å². The molecule has 0 aromatic rings. The van der Waals surface area contributed by atoms with Gasteiger partial charge >= 0.3 is 0 Å². The Morgan fingerprint density at radius 2 is 1.93 bits per heavy atom. The van der Waals surface area contributed by atoms with Gasteiger partial charge in [-0.15, -0.1) is 0 Å². The van der Waals surface area contributed by atoms with Crippen molar-refractivity contribution in [2.75, 3.05) is 59.5 Å². The number of hydrogen-bond donors (Lipinski definition) is 1. The third-order valence-corrected chi connectivity index (χ3v) is 6.67. The molecule has 3 heterocycles. The number of likely N-dealkylation sites (tertiary alicyclic amines) is 2. The molecule has 6 nitrogen and oxygen atoms in total. The lowest BCUT2D eigenvalue weighted by Gasteiger charge is -2.35. The first-order valence-corrected chi connectivity index (χ1v) is 12.2. The SMILES string of the molecule is CN=C(NCCCCN1CCCC(C)C1)N1CCC(OCC2CCCCO2)CC1. The second kappa shape index (κ2) is 12.8. The summed E-state index contributed by atoms with van der Waals surface area (Å²) in [6.45, 7) is 11.0. The predicted molar refractivity (Wildman–Crippen MR) is 120 cm³/mol. The van der Waals surface area contributed by atoms with Crippen molar-refractivity contribution in [2.45, 2.75) is 76.9 Å². The van der Waals surface area contributed by atoms with Crippen molar-refractivity contribution in [1.29, 1.82) is 0 Å². The van der Waals surface area contributed by atoms with Gasteiger partial charge in [-0.05, 0) is 76.8 Å². The minimum absolute atomic E-state index is 0.323. The Morgan fingerprint density at radius 3 is 2.66 bits per heavy atom. The van der Waals surface area contributed by atoms with Gasteiger partial charge in [0.25, 0.3) is 0 Å². The number of nitrogens with zero attached hydrogens (tertiary/aromatic N) is 3. The molecule has 2 atom stereocenters. The summed E-state index contributed by atoms with van der Waals surface area (Å²) in [6, 6.07) is 0. The van der Waals surface area contributed by atoms with Gasteiger partial charge < -0.3 is 24.6 Å². The van der Waals surface area contributed by atoms with Crippen LogP contribution in [-0.4, -0.2) is 87.5 Å². The Morgan fingerprint density at radius 1 is 1.07 bits per heavy atom. The van der Waals surface area contributed by atoms with Crippen LogP contribution in [0.3, 0.4) is 0 Å². The summed E-state index contributed by atoms with van der Waals surface area (Å²) >= 11 is 0. The van der Waals surface area contributed by atoms with Crippen molar-refractivity contribution < 1.29 is 9.47 Å². The fraction of sp³-hybridized carbons (Fsp3) is 0.957. The largest absolute Gasteiger partial charge is 0.376 e. The summed E-state index contributed by atoms with van der Waals surface area (Å²) in [4.78, 5) is 9.55. The highest BCUT2D eigenvalue weighted by Gasteiger charge is 2.23. The molecule has 2 unspecified atom stereocenters. The number of ether oxygens (including phenoxy) is 2. The maximum atomic E-state index is 6.15. The first kappa shape index (κ1) is 22.8. The highest BCUT2D eigenvalue weighted by molar-refractivity contribution is 5.79. The third-order valence-electron chi connectivity index (χ3n) is 6.67. The maximum absolute atomic E-state index is 6.15. The molecule has 1 N–H and O–H groups in total. The number of piperidine rings is 2. The van der Waals surface area contributed by atoms with E-state index in [0.717, 1.165) is 64.0 Å². The Hall–Kier alpha value is -0.850. The number of rotatable bonds is 8. The van der Waals surface area contributed by atoms with Crippen LogP contribution in [0.1, 0.15) is 64.7 Å². The van der Waals surface area contributed by atoms with Crippen LogP contribution in [0.15, 0.2) is 4.99 Å². The summed E-state index contributed by atoms with van der Waals surface area (Å²) in [7, 11) is 1.90. The minimum atomic E-state index is 0.323. The lowest BCUT2D eigenvalue weighted by atomic mass is 10.0. The lowest BCUT2D eigenvalue weighted by molar-refractivity contribution is -0.0721. The van der Waals surface area contributed by atoms with Crippen LogP contribution in [0.4, 0.5) is 0 Å². The second-order valence-corrected chi connectivity index (χ2v) is 9.24. The summed E-state index contributed by atoms with van der Waals surface area (Å²) in [6.07, 6.45) is 11.8. The molecule has 29 heavy (non-hydrogen) atoms. The predicted octanol–water partition coefficient (Wildman–Crippen LogP) is 3.12. The van der Waals surface area contributed by atoms with Gasteiger partial charge in [0.1, 0.15) is 0 Å². The van der Waals surface area contributed by atoms with Gasteiger partial charge in [0.2, 0.25) is 0 Å². The molecule has 0 radical (unpaired) electrons. The monoisotopic (exact) mass is 408 g/mol. The van der Waals surface area contributed by atoms with E-state index in [9.17, 15) is 0 Å². The van der Waals surface area contributed by atoms with Gasteiger partial charge in [0.15, 0.2) is 5.96 Å². The number of guanidine groups is 1. The molecule has 0 saturated carbocycles. The molecule has 3 saturated heterocycles. The van der Waals surface area contributed by atoms with Crippen molar-refractivity contribution in [3.05, 3.63) is 0 Å². The van der Waals surface area contributed by atoms with Gasteiger partial charge in [-0.3, -0.25) is 4.99 Å². The number of nitrogens with one attached hydrogen (secondary N) is 1. The zero-order valence-electron chi connectivity index (χ0n) is 18.9. The van der Waals surface area contributed by atoms with Crippen LogP contribution in [0.2, 0.25) is 0 Å². The molecule has 6 heteroatoms. The van der Waals surface area contributed by atoms with Crippen molar-refractivity contribution in [3.8, 4) is 0 Å². The van der Waals surface area contributed by atoms with Gasteiger partial charge in [-0.1, -0.05) is 6.92 Å². The smallest absolute Gasteiger partial charge is 0.193 e. The topological polar surface area (TPSA) is 49.3 Å². The standard InChI is InChI=1S/C23H44N4O2/c1-20-8-7-14-26(18-20)13-5-4-12-25-23(24-2)27-15-10-21(11-16-27)29-19-22-9-3-6-17-28-22/h20-22H,3-19H2,1-2H3,(H,24,25). The number of hydrogen-bond acceptors (Lipinski definition) is 4. The number of unbranched alkanes of at least 4 members (excludes halogenated alkanes) is 1. The zero-order chi connectivity index (χ0) is 20.3. The first-order valence-electron chi connectivity index (χ1n) is 12.2.